The second-order valence-corrected chi connectivity index (χ2v) is 8.51. The SMILES string of the molecule is CCOC(=O)C[C@@H]1C(=O)NCCN1C(=O)C12CC3CC(CC(C3)C1)C2. The lowest BCUT2D eigenvalue weighted by Gasteiger charge is -2.57. The minimum atomic E-state index is -0.715. The van der Waals surface area contributed by atoms with E-state index in [1.165, 1.54) is 19.3 Å². The summed E-state index contributed by atoms with van der Waals surface area (Å²) in [5.74, 6) is 1.52. The van der Waals surface area contributed by atoms with Gasteiger partial charge in [0.05, 0.1) is 18.4 Å². The van der Waals surface area contributed by atoms with Crippen molar-refractivity contribution in [2.75, 3.05) is 19.7 Å². The Balaban J connectivity index is 1.55. The van der Waals surface area contributed by atoms with E-state index in [1.807, 2.05) is 0 Å². The maximum atomic E-state index is 13.5. The first kappa shape index (κ1) is 16.9. The van der Waals surface area contributed by atoms with Crippen LogP contribution < -0.4 is 5.32 Å². The molecule has 4 bridgehead atoms. The molecule has 1 heterocycles. The normalized spacial score (nSPS) is 39.2. The highest BCUT2D eigenvalue weighted by atomic mass is 16.5. The predicted molar refractivity (Wildman–Crippen MR) is 90.4 cm³/mol. The van der Waals surface area contributed by atoms with Crippen molar-refractivity contribution in [2.24, 2.45) is 23.2 Å². The van der Waals surface area contributed by atoms with Crippen molar-refractivity contribution < 1.29 is 19.1 Å². The summed E-state index contributed by atoms with van der Waals surface area (Å²) in [4.78, 5) is 39.5. The third-order valence-corrected chi connectivity index (χ3v) is 6.75. The van der Waals surface area contributed by atoms with Crippen LogP contribution in [0.5, 0.6) is 0 Å². The van der Waals surface area contributed by atoms with Crippen molar-refractivity contribution in [1.29, 1.82) is 0 Å². The summed E-state index contributed by atoms with van der Waals surface area (Å²) in [6, 6.07) is -0.715. The molecule has 4 saturated carbocycles. The Labute approximate surface area is 148 Å². The highest BCUT2D eigenvalue weighted by Gasteiger charge is 2.56. The number of carbonyl (C=O) groups is 3. The number of nitrogens with zero attached hydrogens (tertiary/aromatic N) is 1. The maximum Gasteiger partial charge on any atom is 0.308 e. The van der Waals surface area contributed by atoms with Gasteiger partial charge in [0, 0.05) is 13.1 Å². The molecule has 4 aliphatic carbocycles. The quantitative estimate of drug-likeness (QED) is 0.781. The molecule has 6 heteroatoms. The van der Waals surface area contributed by atoms with Crippen molar-refractivity contribution in [3.05, 3.63) is 0 Å². The van der Waals surface area contributed by atoms with Crippen molar-refractivity contribution in [2.45, 2.75) is 57.9 Å². The lowest BCUT2D eigenvalue weighted by molar-refractivity contribution is -0.166. The smallest absolute Gasteiger partial charge is 0.308 e. The number of nitrogens with one attached hydrogen (secondary N) is 1. The number of rotatable bonds is 4. The number of amides is 2. The van der Waals surface area contributed by atoms with Crippen LogP contribution in [0, 0.1) is 23.2 Å². The van der Waals surface area contributed by atoms with Crippen molar-refractivity contribution >= 4 is 17.8 Å². The van der Waals surface area contributed by atoms with Crippen LogP contribution >= 0.6 is 0 Å². The first-order valence-corrected chi connectivity index (χ1v) is 9.75. The molecule has 5 aliphatic rings. The van der Waals surface area contributed by atoms with Gasteiger partial charge in [0.25, 0.3) is 0 Å². The number of hydrogen-bond acceptors (Lipinski definition) is 4. The molecule has 1 saturated heterocycles. The van der Waals surface area contributed by atoms with E-state index in [1.54, 1.807) is 11.8 Å². The van der Waals surface area contributed by atoms with Gasteiger partial charge in [-0.05, 0) is 63.2 Å². The van der Waals surface area contributed by atoms with E-state index in [-0.39, 0.29) is 30.3 Å². The minimum Gasteiger partial charge on any atom is -0.466 e. The van der Waals surface area contributed by atoms with Gasteiger partial charge in [-0.15, -0.1) is 0 Å². The molecule has 1 aliphatic heterocycles. The summed E-state index contributed by atoms with van der Waals surface area (Å²) in [5.41, 5.74) is -0.278. The van der Waals surface area contributed by atoms with E-state index in [4.69, 9.17) is 4.74 Å². The van der Waals surface area contributed by atoms with E-state index in [2.05, 4.69) is 5.32 Å². The zero-order chi connectivity index (χ0) is 17.6. The molecule has 5 fully saturated rings. The van der Waals surface area contributed by atoms with Gasteiger partial charge >= 0.3 is 5.97 Å². The molecule has 0 aromatic carbocycles. The zero-order valence-electron chi connectivity index (χ0n) is 15.0. The second-order valence-electron chi connectivity index (χ2n) is 8.51. The lowest BCUT2D eigenvalue weighted by Crippen LogP contribution is -2.63. The molecule has 6 nitrogen and oxygen atoms in total. The number of hydrogen-bond donors (Lipinski definition) is 1. The first-order valence-electron chi connectivity index (χ1n) is 9.75. The van der Waals surface area contributed by atoms with Crippen LogP contribution in [-0.4, -0.2) is 48.4 Å². The van der Waals surface area contributed by atoms with E-state index < -0.39 is 12.0 Å². The van der Waals surface area contributed by atoms with Crippen LogP contribution in [0.15, 0.2) is 0 Å². The predicted octanol–water partition coefficient (Wildman–Crippen LogP) is 1.48. The van der Waals surface area contributed by atoms with E-state index in [0.29, 0.717) is 30.8 Å². The van der Waals surface area contributed by atoms with Gasteiger partial charge in [0.15, 0.2) is 0 Å². The van der Waals surface area contributed by atoms with E-state index >= 15 is 0 Å². The molecule has 0 radical (unpaired) electrons. The number of carbonyl (C=O) groups excluding carboxylic acids is 3. The molecule has 1 N–H and O–H groups in total. The fraction of sp³-hybridized carbons (Fsp3) is 0.842. The molecule has 0 aromatic rings. The third-order valence-electron chi connectivity index (χ3n) is 6.75. The van der Waals surface area contributed by atoms with Crippen molar-refractivity contribution in [3.63, 3.8) is 0 Å². The number of piperazine rings is 1. The summed E-state index contributed by atoms with van der Waals surface area (Å²) in [5, 5.41) is 2.80. The average molecular weight is 348 g/mol. The highest BCUT2D eigenvalue weighted by molar-refractivity contribution is 5.93. The minimum absolute atomic E-state index is 0.0439. The van der Waals surface area contributed by atoms with Crippen LogP contribution in [0.2, 0.25) is 0 Å². The molecule has 5 rings (SSSR count). The van der Waals surface area contributed by atoms with Gasteiger partial charge in [-0.2, -0.15) is 0 Å². The highest BCUT2D eigenvalue weighted by Crippen LogP contribution is 2.60. The van der Waals surface area contributed by atoms with Crippen LogP contribution in [0.4, 0.5) is 0 Å². The maximum absolute atomic E-state index is 13.5. The summed E-state index contributed by atoms with van der Waals surface area (Å²) in [6.07, 6.45) is 6.71. The van der Waals surface area contributed by atoms with Crippen molar-refractivity contribution in [1.82, 2.24) is 10.2 Å². The molecular weight excluding hydrogens is 320 g/mol. The summed E-state index contributed by atoms with van der Waals surface area (Å²) < 4.78 is 5.01. The Kier molecular flexibility index (Phi) is 4.24. The Hall–Kier alpha value is -1.59. The third kappa shape index (κ3) is 2.93. The molecular formula is C19H28N2O4. The summed E-state index contributed by atoms with van der Waals surface area (Å²) >= 11 is 0. The zero-order valence-corrected chi connectivity index (χ0v) is 15.0. The Morgan fingerprint density at radius 1 is 1.16 bits per heavy atom. The monoisotopic (exact) mass is 348 g/mol. The van der Waals surface area contributed by atoms with Gasteiger partial charge < -0.3 is 15.0 Å². The van der Waals surface area contributed by atoms with E-state index in [0.717, 1.165) is 19.3 Å². The molecule has 0 aromatic heterocycles. The first-order chi connectivity index (χ1) is 12.0. The topological polar surface area (TPSA) is 75.7 Å². The van der Waals surface area contributed by atoms with Gasteiger partial charge in [-0.3, -0.25) is 14.4 Å². The number of ether oxygens (including phenoxy) is 1. The summed E-state index contributed by atoms with van der Waals surface area (Å²) in [7, 11) is 0. The van der Waals surface area contributed by atoms with E-state index in [9.17, 15) is 14.4 Å². The van der Waals surface area contributed by atoms with Gasteiger partial charge in [-0.1, -0.05) is 0 Å². The molecule has 0 spiro atoms. The Morgan fingerprint density at radius 3 is 2.32 bits per heavy atom. The molecule has 138 valence electrons. The van der Waals surface area contributed by atoms with Crippen LogP contribution in [0.25, 0.3) is 0 Å². The Morgan fingerprint density at radius 2 is 1.76 bits per heavy atom. The molecule has 0 unspecified atom stereocenters. The largest absolute Gasteiger partial charge is 0.466 e. The number of esters is 1. The molecule has 2 amide bonds. The standard InChI is InChI=1S/C19H28N2O4/c1-2-25-16(22)8-15-17(23)20-3-4-21(15)18(24)19-9-12-5-13(10-19)7-14(6-12)11-19/h12-15H,2-11H2,1H3,(H,20,23)/t12?,13?,14?,15-,19?/m1/s1. The van der Waals surface area contributed by atoms with Crippen LogP contribution in [0.1, 0.15) is 51.9 Å². The van der Waals surface area contributed by atoms with Gasteiger partial charge in [-0.25, -0.2) is 0 Å². The van der Waals surface area contributed by atoms with Crippen molar-refractivity contribution in [3.8, 4) is 0 Å². The molecule has 1 atom stereocenters. The molecule has 25 heavy (non-hydrogen) atoms. The second kappa shape index (κ2) is 6.29. The lowest BCUT2D eigenvalue weighted by atomic mass is 9.49. The average Bonchev–Trinajstić information content (AvgIpc) is 2.55. The van der Waals surface area contributed by atoms with Crippen LogP contribution in [-0.2, 0) is 19.1 Å². The Bertz CT molecular complexity index is 553. The summed E-state index contributed by atoms with van der Waals surface area (Å²) in [6.45, 7) is 3.00. The van der Waals surface area contributed by atoms with Gasteiger partial charge in [0.2, 0.25) is 11.8 Å². The van der Waals surface area contributed by atoms with Gasteiger partial charge in [0.1, 0.15) is 6.04 Å². The van der Waals surface area contributed by atoms with Crippen LogP contribution in [0.3, 0.4) is 0 Å². The fourth-order valence-corrected chi connectivity index (χ4v) is 6.22. The fourth-order valence-electron chi connectivity index (χ4n) is 6.22.